The maximum Gasteiger partial charge on any atom is 0.189 e. The van der Waals surface area contributed by atoms with Crippen molar-refractivity contribution in [1.29, 1.82) is 0 Å². The lowest BCUT2D eigenvalue weighted by atomic mass is 10.1. The first-order valence-electron chi connectivity index (χ1n) is 8.62. The van der Waals surface area contributed by atoms with Crippen LogP contribution in [0.15, 0.2) is 53.5 Å². The van der Waals surface area contributed by atoms with Gasteiger partial charge < -0.3 is 20.5 Å². The van der Waals surface area contributed by atoms with Crippen molar-refractivity contribution >= 4 is 5.96 Å². The van der Waals surface area contributed by atoms with Gasteiger partial charge in [-0.1, -0.05) is 42.5 Å². The third kappa shape index (κ3) is 5.22. The van der Waals surface area contributed by atoms with Crippen LogP contribution in [0.5, 0.6) is 5.75 Å². The highest BCUT2D eigenvalue weighted by atomic mass is 16.5. The van der Waals surface area contributed by atoms with Crippen LogP contribution < -0.4 is 15.8 Å². The van der Waals surface area contributed by atoms with Gasteiger partial charge in [-0.2, -0.15) is 0 Å². The van der Waals surface area contributed by atoms with Gasteiger partial charge in [0.1, 0.15) is 11.9 Å². The van der Waals surface area contributed by atoms with E-state index >= 15 is 0 Å². The molecule has 0 amide bonds. The molecule has 1 unspecified atom stereocenters. The second-order valence-electron chi connectivity index (χ2n) is 6.26. The fourth-order valence-corrected chi connectivity index (χ4v) is 2.70. The highest BCUT2D eigenvalue weighted by Crippen LogP contribution is 2.23. The lowest BCUT2D eigenvalue weighted by Crippen LogP contribution is -2.31. The van der Waals surface area contributed by atoms with E-state index in [9.17, 15) is 0 Å². The number of nitrogens with one attached hydrogen (secondary N) is 1. The average molecular weight is 339 g/mol. The molecule has 2 aromatic carbocycles. The highest BCUT2D eigenvalue weighted by Gasteiger charge is 2.18. The van der Waals surface area contributed by atoms with Crippen LogP contribution in [0.25, 0.3) is 0 Å². The number of rotatable bonds is 6. The van der Waals surface area contributed by atoms with Crippen LogP contribution in [0.2, 0.25) is 0 Å². The Kier molecular flexibility index (Phi) is 5.90. The molecule has 1 aliphatic rings. The zero-order valence-electron chi connectivity index (χ0n) is 14.6. The fourth-order valence-electron chi connectivity index (χ4n) is 2.70. The van der Waals surface area contributed by atoms with E-state index in [1.807, 2.05) is 30.3 Å². The maximum atomic E-state index is 6.10. The van der Waals surface area contributed by atoms with Crippen molar-refractivity contribution in [2.24, 2.45) is 10.7 Å². The van der Waals surface area contributed by atoms with Crippen LogP contribution in [-0.2, 0) is 17.8 Å². The van der Waals surface area contributed by atoms with Gasteiger partial charge in [0.2, 0.25) is 0 Å². The summed E-state index contributed by atoms with van der Waals surface area (Å²) < 4.78 is 11.5. The number of hydrogen-bond acceptors (Lipinski definition) is 3. The van der Waals surface area contributed by atoms with Crippen LogP contribution in [0.1, 0.15) is 23.1 Å². The van der Waals surface area contributed by atoms with E-state index in [2.05, 4.69) is 35.4 Å². The fraction of sp³-hybridized carbons (Fsp3) is 0.350. The Balaban J connectivity index is 1.59. The topological polar surface area (TPSA) is 68.9 Å². The van der Waals surface area contributed by atoms with E-state index in [0.29, 0.717) is 25.7 Å². The molecule has 1 fully saturated rings. The number of guanidine groups is 1. The molecule has 0 radical (unpaired) electrons. The summed E-state index contributed by atoms with van der Waals surface area (Å²) in [4.78, 5) is 4.38. The molecule has 0 bridgehead atoms. The van der Waals surface area contributed by atoms with Crippen molar-refractivity contribution in [1.82, 2.24) is 5.32 Å². The Morgan fingerprint density at radius 1 is 1.28 bits per heavy atom. The molecule has 132 valence electrons. The summed E-state index contributed by atoms with van der Waals surface area (Å²) in [6, 6.07) is 16.3. The monoisotopic (exact) mass is 339 g/mol. The molecule has 1 heterocycles. The SMILES string of the molecule is Cc1ccc(CNC(N)=NCc2ccccc2)c(OC2CCOC2)c1. The van der Waals surface area contributed by atoms with Crippen molar-refractivity contribution in [2.45, 2.75) is 32.5 Å². The van der Waals surface area contributed by atoms with Crippen molar-refractivity contribution in [3.63, 3.8) is 0 Å². The molecule has 0 aliphatic carbocycles. The molecule has 1 atom stereocenters. The molecule has 3 N–H and O–H groups in total. The first-order valence-corrected chi connectivity index (χ1v) is 8.62. The predicted molar refractivity (Wildman–Crippen MR) is 99.6 cm³/mol. The predicted octanol–water partition coefficient (Wildman–Crippen LogP) is 2.77. The smallest absolute Gasteiger partial charge is 0.189 e. The number of ether oxygens (including phenoxy) is 2. The van der Waals surface area contributed by atoms with Crippen LogP contribution in [0.3, 0.4) is 0 Å². The molecule has 25 heavy (non-hydrogen) atoms. The second kappa shape index (κ2) is 8.53. The van der Waals surface area contributed by atoms with Gasteiger partial charge in [0, 0.05) is 18.5 Å². The summed E-state index contributed by atoms with van der Waals surface area (Å²) in [6.07, 6.45) is 1.06. The average Bonchev–Trinajstić information content (AvgIpc) is 3.13. The summed E-state index contributed by atoms with van der Waals surface area (Å²) in [5.74, 6) is 1.32. The van der Waals surface area contributed by atoms with E-state index in [1.54, 1.807) is 0 Å². The van der Waals surface area contributed by atoms with Gasteiger partial charge in [-0.05, 0) is 24.1 Å². The minimum atomic E-state index is 0.129. The third-order valence-corrected chi connectivity index (χ3v) is 4.14. The van der Waals surface area contributed by atoms with E-state index < -0.39 is 0 Å². The molecule has 1 aliphatic heterocycles. The van der Waals surface area contributed by atoms with Crippen molar-refractivity contribution in [3.05, 3.63) is 65.2 Å². The Hall–Kier alpha value is -2.53. The lowest BCUT2D eigenvalue weighted by molar-refractivity contribution is 0.140. The minimum Gasteiger partial charge on any atom is -0.488 e. The third-order valence-electron chi connectivity index (χ3n) is 4.14. The lowest BCUT2D eigenvalue weighted by Gasteiger charge is -2.17. The number of aryl methyl sites for hydroxylation is 1. The Morgan fingerprint density at radius 3 is 2.88 bits per heavy atom. The van der Waals surface area contributed by atoms with E-state index in [0.717, 1.165) is 29.9 Å². The molecule has 0 spiro atoms. The van der Waals surface area contributed by atoms with Gasteiger partial charge in [-0.25, -0.2) is 4.99 Å². The van der Waals surface area contributed by atoms with Crippen molar-refractivity contribution < 1.29 is 9.47 Å². The molecule has 5 nitrogen and oxygen atoms in total. The van der Waals surface area contributed by atoms with Crippen LogP contribution in [-0.4, -0.2) is 25.3 Å². The van der Waals surface area contributed by atoms with Gasteiger partial charge >= 0.3 is 0 Å². The van der Waals surface area contributed by atoms with Gasteiger partial charge in [-0.15, -0.1) is 0 Å². The maximum absolute atomic E-state index is 6.10. The minimum absolute atomic E-state index is 0.129. The number of nitrogens with zero attached hydrogens (tertiary/aromatic N) is 1. The van der Waals surface area contributed by atoms with Gasteiger partial charge in [0.05, 0.1) is 19.8 Å². The number of aliphatic imine (C=N–C) groups is 1. The van der Waals surface area contributed by atoms with E-state index in [1.165, 1.54) is 5.56 Å². The van der Waals surface area contributed by atoms with E-state index in [4.69, 9.17) is 15.2 Å². The normalized spacial score (nSPS) is 17.5. The summed E-state index contributed by atoms with van der Waals surface area (Å²) >= 11 is 0. The Labute approximate surface area is 148 Å². The zero-order valence-corrected chi connectivity index (χ0v) is 14.6. The number of nitrogens with two attached hydrogens (primary N) is 1. The molecule has 0 aromatic heterocycles. The number of benzene rings is 2. The summed E-state index contributed by atoms with van der Waals surface area (Å²) in [5.41, 5.74) is 9.36. The largest absolute Gasteiger partial charge is 0.488 e. The van der Waals surface area contributed by atoms with Crippen molar-refractivity contribution in [3.8, 4) is 5.75 Å². The molecule has 5 heteroatoms. The first kappa shape index (κ1) is 17.3. The van der Waals surface area contributed by atoms with Gasteiger partial charge in [0.15, 0.2) is 5.96 Å². The van der Waals surface area contributed by atoms with Crippen LogP contribution in [0.4, 0.5) is 0 Å². The summed E-state index contributed by atoms with van der Waals surface area (Å²) in [7, 11) is 0. The molecular weight excluding hydrogens is 314 g/mol. The van der Waals surface area contributed by atoms with Crippen LogP contribution >= 0.6 is 0 Å². The van der Waals surface area contributed by atoms with Crippen LogP contribution in [0, 0.1) is 6.92 Å². The summed E-state index contributed by atoms with van der Waals surface area (Å²) in [6.45, 7) is 4.62. The van der Waals surface area contributed by atoms with E-state index in [-0.39, 0.29) is 6.10 Å². The molecular formula is C20H25N3O2. The summed E-state index contributed by atoms with van der Waals surface area (Å²) in [5, 5.41) is 3.17. The molecule has 2 aromatic rings. The quantitative estimate of drug-likeness (QED) is 0.627. The number of hydrogen-bond donors (Lipinski definition) is 2. The highest BCUT2D eigenvalue weighted by molar-refractivity contribution is 5.77. The zero-order chi connectivity index (χ0) is 17.5. The molecule has 1 saturated heterocycles. The Bertz CT molecular complexity index is 710. The van der Waals surface area contributed by atoms with Gasteiger partial charge in [-0.3, -0.25) is 0 Å². The second-order valence-corrected chi connectivity index (χ2v) is 6.26. The Morgan fingerprint density at radius 2 is 2.12 bits per heavy atom. The van der Waals surface area contributed by atoms with Crippen molar-refractivity contribution in [2.75, 3.05) is 13.2 Å². The molecule has 0 saturated carbocycles. The first-order chi connectivity index (χ1) is 12.2. The molecule has 3 rings (SSSR count). The standard InChI is InChI=1S/C20H25N3O2/c1-15-7-8-17(19(11-15)25-18-9-10-24-14-18)13-23-20(21)22-12-16-5-3-2-4-6-16/h2-8,11,18H,9-10,12-14H2,1H3,(H3,21,22,23). The van der Waals surface area contributed by atoms with Gasteiger partial charge in [0.25, 0.3) is 0 Å².